The zero-order chi connectivity index (χ0) is 43.6. The van der Waals surface area contributed by atoms with Gasteiger partial charge < -0.3 is 0 Å². The second-order valence-corrected chi connectivity index (χ2v) is 77.6. The summed E-state index contributed by atoms with van der Waals surface area (Å²) in [6, 6.07) is 51.0. The van der Waals surface area contributed by atoms with Gasteiger partial charge in [0.05, 0.1) is 0 Å². The van der Waals surface area contributed by atoms with E-state index in [1.807, 2.05) is 0 Å². The third-order valence-corrected chi connectivity index (χ3v) is 133. The summed E-state index contributed by atoms with van der Waals surface area (Å²) in [6.07, 6.45) is 19.8. The quantitative estimate of drug-likeness (QED) is 0.0753. The summed E-state index contributed by atoms with van der Waals surface area (Å²) in [5.74, 6) is 0. The molecule has 0 bridgehead atoms. The van der Waals surface area contributed by atoms with E-state index in [-0.39, 0.29) is 0 Å². The summed E-state index contributed by atoms with van der Waals surface area (Å²) in [6.45, 7) is 15.4. The fraction of sp³-hybridized carbons (Fsp3) is 0.400. The van der Waals surface area contributed by atoms with Crippen LogP contribution in [0.15, 0.2) is 132 Å². The molecule has 1 fully saturated rings. The Morgan fingerprint density at radius 1 is 0.429 bits per heavy atom. The third kappa shape index (κ3) is 7.77. The van der Waals surface area contributed by atoms with Gasteiger partial charge in [-0.3, -0.25) is 0 Å². The number of unbranched alkanes of at least 4 members (excludes halogenated alkanes) is 4. The van der Waals surface area contributed by atoms with Gasteiger partial charge in [-0.1, -0.05) is 0 Å². The second-order valence-electron chi connectivity index (χ2n) is 20.3. The zero-order valence-corrected chi connectivity index (χ0v) is 45.6. The monoisotopic (exact) mass is 1000 g/mol. The summed E-state index contributed by atoms with van der Waals surface area (Å²) < 4.78 is 6.19. The number of allylic oxidation sites excluding steroid dienone is 2. The summed E-state index contributed by atoms with van der Waals surface area (Å²) in [5, 5.41) is 5.51. The van der Waals surface area contributed by atoms with Crippen LogP contribution in [0.25, 0.3) is 56.0 Å². The fourth-order valence-electron chi connectivity index (χ4n) is 14.7. The van der Waals surface area contributed by atoms with Crippen molar-refractivity contribution in [2.24, 2.45) is 0 Å². The molecule has 326 valence electrons. The Kier molecular flexibility index (Phi) is 14.2. The first-order chi connectivity index (χ1) is 30.9. The van der Waals surface area contributed by atoms with Crippen molar-refractivity contribution < 1.29 is 38.9 Å². The van der Waals surface area contributed by atoms with Crippen LogP contribution in [0.3, 0.4) is 0 Å². The van der Waals surface area contributed by atoms with Gasteiger partial charge in [0.1, 0.15) is 0 Å². The molecule has 3 aliphatic rings. The van der Waals surface area contributed by atoms with Gasteiger partial charge in [-0.15, -0.1) is 0 Å². The molecule has 9 rings (SSSR count). The van der Waals surface area contributed by atoms with Crippen molar-refractivity contribution in [3.63, 3.8) is 0 Å². The van der Waals surface area contributed by atoms with Crippen LogP contribution in [0, 0.1) is 0 Å². The maximum absolute atomic E-state index is 3.28. The van der Waals surface area contributed by atoms with Gasteiger partial charge in [-0.05, 0) is 0 Å². The number of benzene rings is 6. The van der Waals surface area contributed by atoms with E-state index in [0.717, 1.165) is 7.25 Å². The van der Waals surface area contributed by atoms with E-state index in [0.29, 0.717) is 0 Å². The molecule has 0 aromatic heterocycles. The molecular weight excluding hydrogens is 931 g/mol. The Hall–Kier alpha value is -2.70. The zero-order valence-electron chi connectivity index (χ0n) is 39.7. The molecule has 0 radical (unpaired) electrons. The van der Waals surface area contributed by atoms with Crippen molar-refractivity contribution in [2.75, 3.05) is 0 Å². The topological polar surface area (TPSA) is 0 Å². The van der Waals surface area contributed by atoms with Crippen LogP contribution in [0.1, 0.15) is 135 Å². The second kappa shape index (κ2) is 19.6. The van der Waals surface area contributed by atoms with E-state index >= 15 is 0 Å². The first-order valence-electron chi connectivity index (χ1n) is 25.5. The molecule has 2 atom stereocenters. The van der Waals surface area contributed by atoms with Crippen LogP contribution in [0.4, 0.5) is 0 Å². The van der Waals surface area contributed by atoms with Crippen molar-refractivity contribution in [3.8, 4) is 22.3 Å². The van der Waals surface area contributed by atoms with Crippen LogP contribution in [-0.2, 0) is 38.9 Å². The molecule has 2 aliphatic carbocycles. The predicted molar refractivity (Wildman–Crippen MR) is 275 cm³/mol. The van der Waals surface area contributed by atoms with Gasteiger partial charge in [0, 0.05) is 0 Å². The van der Waals surface area contributed by atoms with Gasteiger partial charge in [-0.25, -0.2) is 0 Å². The Bertz CT molecular complexity index is 2440. The standard InChI is InChI=1S/2C20H15.C4H8Si.4C4H9.2Zr/c2*1-14-12-16-8-5-11-19(20(16)13-14)18-10-4-7-15-6-2-3-9-17(15)18;1-2-4-5-3-1;4*1-3-4-2;;/h2*2-13H,1H3;1-4H2;4*1,3-4H2,2H3;;. The van der Waals surface area contributed by atoms with E-state index in [4.69, 9.17) is 0 Å². The molecule has 1 heterocycles. The van der Waals surface area contributed by atoms with Crippen molar-refractivity contribution in [1.29, 1.82) is 0 Å². The SMILES string of the molecule is CCC[CH2][Zr]([CH2]CCC)([CH]1C(C)=Cc2c(-c3cccc4ccccc34)cccc21)[Si]1([Zr]([CH2]CCC)([CH2]CCC)[CH]2C(C)=Cc3c(-c4cccc5ccccc45)cccc32)CCCC1. The molecule has 0 amide bonds. The summed E-state index contributed by atoms with van der Waals surface area (Å²) >= 11 is -6.56. The summed E-state index contributed by atoms with van der Waals surface area (Å²) in [7, 11) is 0. The van der Waals surface area contributed by atoms with Crippen molar-refractivity contribution in [3.05, 3.63) is 155 Å². The molecule has 1 saturated heterocycles. The van der Waals surface area contributed by atoms with Crippen molar-refractivity contribution >= 4 is 36.0 Å². The number of hydrogen-bond donors (Lipinski definition) is 0. The van der Waals surface area contributed by atoms with Gasteiger partial charge in [0.15, 0.2) is 0 Å². The van der Waals surface area contributed by atoms with E-state index in [1.54, 1.807) is 62.0 Å². The Labute approximate surface area is 389 Å². The van der Waals surface area contributed by atoms with Gasteiger partial charge in [0.2, 0.25) is 0 Å². The average molecular weight is 1010 g/mol. The Balaban J connectivity index is 1.30. The molecule has 0 spiro atoms. The minimum atomic E-state index is -3.28. The normalized spacial score (nSPS) is 18.2. The molecule has 2 unspecified atom stereocenters. The third-order valence-electron chi connectivity index (χ3n) is 17.1. The fourth-order valence-corrected chi connectivity index (χ4v) is 181. The average Bonchev–Trinajstić information content (AvgIpc) is 4.05. The molecule has 63 heavy (non-hydrogen) atoms. The van der Waals surface area contributed by atoms with E-state index < -0.39 is 41.2 Å². The molecule has 3 heteroatoms. The number of fused-ring (bicyclic) bond motifs is 4. The van der Waals surface area contributed by atoms with Crippen LogP contribution in [-0.4, -0.2) is 2.33 Å². The molecule has 6 aromatic carbocycles. The number of rotatable bonds is 18. The summed E-state index contributed by atoms with van der Waals surface area (Å²) in [4.78, 5) is 0. The van der Waals surface area contributed by atoms with Crippen molar-refractivity contribution in [2.45, 2.75) is 142 Å². The number of hydrogen-bond acceptors (Lipinski definition) is 0. The van der Waals surface area contributed by atoms with Crippen LogP contribution in [0.5, 0.6) is 0 Å². The van der Waals surface area contributed by atoms with E-state index in [1.165, 1.54) is 108 Å². The predicted octanol–water partition coefficient (Wildman–Crippen LogP) is 19.4. The van der Waals surface area contributed by atoms with Gasteiger partial charge >= 0.3 is 393 Å². The Morgan fingerprint density at radius 3 is 1.17 bits per heavy atom. The Morgan fingerprint density at radius 2 is 0.778 bits per heavy atom. The molecule has 0 nitrogen and oxygen atoms in total. The first kappa shape index (κ1) is 45.5. The minimum absolute atomic E-state index is 0.735. The molecule has 6 aromatic rings. The van der Waals surface area contributed by atoms with E-state index in [2.05, 4.69) is 175 Å². The molecular formula is C60H74SiZr2. The maximum atomic E-state index is 2.78. The summed E-state index contributed by atoms with van der Waals surface area (Å²) in [5.41, 5.74) is 16.1. The molecule has 1 aliphatic heterocycles. The molecule has 0 N–H and O–H groups in total. The van der Waals surface area contributed by atoms with E-state index in [9.17, 15) is 0 Å². The van der Waals surface area contributed by atoms with Crippen molar-refractivity contribution in [1.82, 2.24) is 0 Å². The van der Waals surface area contributed by atoms with Crippen LogP contribution in [0.2, 0.25) is 28.6 Å². The molecule has 0 saturated carbocycles. The van der Waals surface area contributed by atoms with Gasteiger partial charge in [0.25, 0.3) is 0 Å². The van der Waals surface area contributed by atoms with Crippen LogP contribution < -0.4 is 0 Å². The van der Waals surface area contributed by atoms with Crippen LogP contribution >= 0.6 is 0 Å². The van der Waals surface area contributed by atoms with Gasteiger partial charge in [-0.2, -0.15) is 0 Å². The first-order valence-corrected chi connectivity index (χ1v) is 45.0.